The molecule has 1 aromatic carbocycles. The van der Waals surface area contributed by atoms with Crippen molar-refractivity contribution in [1.29, 1.82) is 0 Å². The fraction of sp³-hybridized carbons (Fsp3) is 0.0769. The first kappa shape index (κ1) is 16.0. The van der Waals surface area contributed by atoms with E-state index in [1.165, 1.54) is 11.3 Å². The van der Waals surface area contributed by atoms with Crippen LogP contribution in [-0.2, 0) is 4.79 Å². The van der Waals surface area contributed by atoms with E-state index in [0.29, 0.717) is 15.0 Å². The van der Waals surface area contributed by atoms with Crippen LogP contribution in [0.2, 0.25) is 0 Å². The van der Waals surface area contributed by atoms with Gasteiger partial charge in [0.15, 0.2) is 6.04 Å². The van der Waals surface area contributed by atoms with Gasteiger partial charge in [-0.3, -0.25) is 0 Å². The van der Waals surface area contributed by atoms with Gasteiger partial charge in [-0.25, -0.2) is 9.59 Å². The summed E-state index contributed by atoms with van der Waals surface area (Å²) < 4.78 is 1.50. The molecule has 21 heavy (non-hydrogen) atoms. The first-order valence-electron chi connectivity index (χ1n) is 5.76. The summed E-state index contributed by atoms with van der Waals surface area (Å²) in [7, 11) is 0. The molecule has 2 aromatic rings. The summed E-state index contributed by atoms with van der Waals surface area (Å²) in [5.74, 6) is -1.11. The molecule has 1 unspecified atom stereocenters. The standard InChI is InChI=1S/C13H10Br2N2O3S/c14-7-3-4-8(15)9(6-7)16-13(20)17-11(12(18)19)10-2-1-5-21-10/h1-6,11H,(H,18,19)(H2,16,17,20). The van der Waals surface area contributed by atoms with E-state index in [4.69, 9.17) is 0 Å². The van der Waals surface area contributed by atoms with E-state index in [2.05, 4.69) is 42.5 Å². The maximum Gasteiger partial charge on any atom is 0.331 e. The topological polar surface area (TPSA) is 78.4 Å². The lowest BCUT2D eigenvalue weighted by molar-refractivity contribution is -0.139. The molecule has 3 N–H and O–H groups in total. The maximum absolute atomic E-state index is 12.0. The van der Waals surface area contributed by atoms with Crippen molar-refractivity contribution in [2.75, 3.05) is 5.32 Å². The molecule has 1 aromatic heterocycles. The lowest BCUT2D eigenvalue weighted by atomic mass is 10.2. The quantitative estimate of drug-likeness (QED) is 0.675. The lowest BCUT2D eigenvalue weighted by Crippen LogP contribution is -2.36. The van der Waals surface area contributed by atoms with Gasteiger partial charge in [-0.1, -0.05) is 22.0 Å². The van der Waals surface area contributed by atoms with Crippen LogP contribution in [0.4, 0.5) is 10.5 Å². The molecule has 8 heteroatoms. The number of rotatable bonds is 4. The number of carbonyl (C=O) groups is 2. The molecular formula is C13H10Br2N2O3S. The highest BCUT2D eigenvalue weighted by Crippen LogP contribution is 2.26. The third kappa shape index (κ3) is 4.29. The van der Waals surface area contributed by atoms with Crippen molar-refractivity contribution in [3.05, 3.63) is 49.5 Å². The van der Waals surface area contributed by atoms with Crippen molar-refractivity contribution in [2.45, 2.75) is 6.04 Å². The number of carbonyl (C=O) groups excluding carboxylic acids is 1. The monoisotopic (exact) mass is 432 g/mol. The first-order chi connectivity index (χ1) is 9.97. The minimum absolute atomic E-state index is 0.539. The van der Waals surface area contributed by atoms with Crippen LogP contribution in [0, 0.1) is 0 Å². The Balaban J connectivity index is 2.10. The minimum atomic E-state index is -1.11. The Bertz CT molecular complexity index is 661. The Morgan fingerprint density at radius 3 is 2.62 bits per heavy atom. The Kier molecular flexibility index (Phi) is 5.38. The number of urea groups is 1. The fourth-order valence-electron chi connectivity index (χ4n) is 1.59. The van der Waals surface area contributed by atoms with Crippen LogP contribution in [0.1, 0.15) is 10.9 Å². The summed E-state index contributed by atoms with van der Waals surface area (Å²) in [4.78, 5) is 23.8. The Hall–Kier alpha value is -1.38. The molecule has 2 amide bonds. The number of thiophene rings is 1. The summed E-state index contributed by atoms with van der Waals surface area (Å²) in [6.07, 6.45) is 0. The number of aliphatic carboxylic acids is 1. The van der Waals surface area contributed by atoms with E-state index in [9.17, 15) is 14.7 Å². The van der Waals surface area contributed by atoms with E-state index in [1.54, 1.807) is 29.6 Å². The zero-order chi connectivity index (χ0) is 15.4. The Labute approximate surface area is 141 Å². The Morgan fingerprint density at radius 2 is 2.00 bits per heavy atom. The highest BCUT2D eigenvalue weighted by Gasteiger charge is 2.23. The van der Waals surface area contributed by atoms with Crippen molar-refractivity contribution in [3.8, 4) is 0 Å². The molecule has 0 aliphatic rings. The van der Waals surface area contributed by atoms with Crippen LogP contribution < -0.4 is 10.6 Å². The highest BCUT2D eigenvalue weighted by atomic mass is 79.9. The van der Waals surface area contributed by atoms with Crippen LogP contribution in [0.25, 0.3) is 0 Å². The number of hydrogen-bond acceptors (Lipinski definition) is 3. The molecule has 110 valence electrons. The molecule has 0 spiro atoms. The lowest BCUT2D eigenvalue weighted by Gasteiger charge is -2.14. The number of amides is 2. The van der Waals surface area contributed by atoms with E-state index >= 15 is 0 Å². The molecule has 0 aliphatic carbocycles. The average molecular weight is 434 g/mol. The van der Waals surface area contributed by atoms with Crippen LogP contribution in [0.5, 0.6) is 0 Å². The molecule has 1 atom stereocenters. The van der Waals surface area contributed by atoms with Gasteiger partial charge in [-0.2, -0.15) is 0 Å². The molecule has 0 saturated heterocycles. The van der Waals surface area contributed by atoms with Crippen LogP contribution in [0.3, 0.4) is 0 Å². The summed E-state index contributed by atoms with van der Waals surface area (Å²) in [5, 5.41) is 16.0. The number of benzene rings is 1. The van der Waals surface area contributed by atoms with Crippen molar-refractivity contribution >= 4 is 60.9 Å². The van der Waals surface area contributed by atoms with Gasteiger partial charge in [0.1, 0.15) is 0 Å². The molecule has 0 radical (unpaired) electrons. The van der Waals surface area contributed by atoms with E-state index in [1.807, 2.05) is 6.07 Å². The predicted molar refractivity (Wildman–Crippen MR) is 88.7 cm³/mol. The molecule has 0 aliphatic heterocycles. The summed E-state index contributed by atoms with van der Waals surface area (Å²) in [5.41, 5.74) is 0.539. The van der Waals surface area contributed by atoms with E-state index in [-0.39, 0.29) is 0 Å². The summed E-state index contributed by atoms with van der Waals surface area (Å²) in [6.45, 7) is 0. The molecule has 0 bridgehead atoms. The van der Waals surface area contributed by atoms with Gasteiger partial charge in [0.25, 0.3) is 0 Å². The molecule has 2 rings (SSSR count). The number of carboxylic acids is 1. The second-order valence-electron chi connectivity index (χ2n) is 4.01. The van der Waals surface area contributed by atoms with Gasteiger partial charge < -0.3 is 15.7 Å². The maximum atomic E-state index is 12.0. The van der Waals surface area contributed by atoms with Crippen LogP contribution in [0.15, 0.2) is 44.7 Å². The third-order valence-electron chi connectivity index (χ3n) is 2.53. The normalized spacial score (nSPS) is 11.7. The number of anilines is 1. The molecule has 0 fully saturated rings. The fourth-order valence-corrected chi connectivity index (χ4v) is 3.07. The van der Waals surface area contributed by atoms with Crippen molar-refractivity contribution < 1.29 is 14.7 Å². The zero-order valence-corrected chi connectivity index (χ0v) is 14.5. The first-order valence-corrected chi connectivity index (χ1v) is 8.22. The molecule has 5 nitrogen and oxygen atoms in total. The number of carboxylic acid groups (broad SMARTS) is 1. The molecular weight excluding hydrogens is 424 g/mol. The smallest absolute Gasteiger partial charge is 0.331 e. The zero-order valence-electron chi connectivity index (χ0n) is 10.5. The number of nitrogens with one attached hydrogen (secondary N) is 2. The average Bonchev–Trinajstić information content (AvgIpc) is 2.93. The minimum Gasteiger partial charge on any atom is -0.479 e. The second-order valence-corrected chi connectivity index (χ2v) is 6.76. The number of halogens is 2. The van der Waals surface area contributed by atoms with E-state index in [0.717, 1.165) is 4.47 Å². The highest BCUT2D eigenvalue weighted by molar-refractivity contribution is 9.11. The van der Waals surface area contributed by atoms with Gasteiger partial charge in [0, 0.05) is 13.8 Å². The Morgan fingerprint density at radius 1 is 1.24 bits per heavy atom. The summed E-state index contributed by atoms with van der Waals surface area (Å²) >= 11 is 7.90. The van der Waals surface area contributed by atoms with Gasteiger partial charge in [0.05, 0.1) is 5.69 Å². The predicted octanol–water partition coefficient (Wildman–Crippen LogP) is 4.22. The molecule has 0 saturated carbocycles. The van der Waals surface area contributed by atoms with Gasteiger partial charge >= 0.3 is 12.0 Å². The van der Waals surface area contributed by atoms with Crippen molar-refractivity contribution in [1.82, 2.24) is 5.32 Å². The SMILES string of the molecule is O=C(Nc1cc(Br)ccc1Br)NC(C(=O)O)c1cccs1. The third-order valence-corrected chi connectivity index (χ3v) is 4.65. The second kappa shape index (κ2) is 7.06. The van der Waals surface area contributed by atoms with E-state index < -0.39 is 18.0 Å². The number of hydrogen-bond donors (Lipinski definition) is 3. The van der Waals surface area contributed by atoms with Crippen LogP contribution in [-0.4, -0.2) is 17.1 Å². The largest absolute Gasteiger partial charge is 0.479 e. The van der Waals surface area contributed by atoms with Gasteiger partial charge in [-0.05, 0) is 45.6 Å². The van der Waals surface area contributed by atoms with Gasteiger partial charge in [-0.15, -0.1) is 11.3 Å². The van der Waals surface area contributed by atoms with Crippen molar-refractivity contribution in [2.24, 2.45) is 0 Å². The van der Waals surface area contributed by atoms with Crippen molar-refractivity contribution in [3.63, 3.8) is 0 Å². The molecule has 1 heterocycles. The van der Waals surface area contributed by atoms with Crippen LogP contribution >= 0.6 is 43.2 Å². The summed E-state index contributed by atoms with van der Waals surface area (Å²) in [6, 6.07) is 7.04. The van der Waals surface area contributed by atoms with Gasteiger partial charge in [0.2, 0.25) is 0 Å².